The van der Waals surface area contributed by atoms with Crippen LogP contribution in [0, 0.1) is 6.92 Å². The van der Waals surface area contributed by atoms with E-state index < -0.39 is 11.9 Å². The minimum absolute atomic E-state index is 0.0861. The van der Waals surface area contributed by atoms with Gasteiger partial charge in [-0.15, -0.1) is 0 Å². The highest BCUT2D eigenvalue weighted by Gasteiger charge is 2.45. The average molecular weight is 551 g/mol. The number of ketones is 1. The number of aryl methyl sites for hydroxylation is 1. The van der Waals surface area contributed by atoms with Gasteiger partial charge in [-0.1, -0.05) is 41.7 Å². The van der Waals surface area contributed by atoms with Gasteiger partial charge in [0.1, 0.15) is 12.2 Å². The molecular weight excluding hydrogens is 528 g/mol. The zero-order valence-corrected chi connectivity index (χ0v) is 22.4. The Morgan fingerprint density at radius 3 is 2.68 bits per heavy atom. The van der Waals surface area contributed by atoms with E-state index in [1.54, 1.807) is 43.3 Å². The second-order valence-corrected chi connectivity index (χ2v) is 10.0. The van der Waals surface area contributed by atoms with Crippen LogP contribution in [-0.4, -0.2) is 29.9 Å². The highest BCUT2D eigenvalue weighted by molar-refractivity contribution is 7.17. The van der Waals surface area contributed by atoms with Crippen molar-refractivity contribution < 1.29 is 23.5 Å². The number of carbonyl (C=O) groups excluding carboxylic acids is 2. The molecule has 0 saturated carbocycles. The second-order valence-electron chi connectivity index (χ2n) is 8.60. The molecule has 1 aliphatic rings. The van der Waals surface area contributed by atoms with Gasteiger partial charge in [-0.05, 0) is 49.7 Å². The van der Waals surface area contributed by atoms with Crippen molar-refractivity contribution in [2.45, 2.75) is 26.8 Å². The van der Waals surface area contributed by atoms with Gasteiger partial charge in [0.2, 0.25) is 5.76 Å². The normalized spacial score (nSPS) is 14.6. The van der Waals surface area contributed by atoms with Crippen LogP contribution >= 0.6 is 22.9 Å². The smallest absolute Gasteiger partial charge is 0.297 e. The molecule has 5 rings (SSSR count). The number of ether oxygens (including phenoxy) is 2. The Labute approximate surface area is 227 Å². The molecule has 1 unspecified atom stereocenters. The number of anilines is 1. The monoisotopic (exact) mass is 550 g/mol. The molecule has 194 valence electrons. The van der Waals surface area contributed by atoms with E-state index in [4.69, 9.17) is 25.5 Å². The quantitative estimate of drug-likeness (QED) is 0.192. The van der Waals surface area contributed by atoms with E-state index in [1.807, 2.05) is 6.92 Å². The van der Waals surface area contributed by atoms with E-state index in [1.165, 1.54) is 17.9 Å². The maximum absolute atomic E-state index is 13.8. The van der Waals surface area contributed by atoms with Crippen LogP contribution in [-0.2, 0) is 0 Å². The SMILES string of the molecule is C=CCOc1ccc(C2c3c(oc4ccc(Cl)cc4c3=O)C(=O)N2c2nc(C)c(C(C)=O)s2)cc1OCC. The van der Waals surface area contributed by atoms with Gasteiger partial charge >= 0.3 is 0 Å². The minimum atomic E-state index is -0.893. The maximum Gasteiger partial charge on any atom is 0.297 e. The summed E-state index contributed by atoms with van der Waals surface area (Å²) in [5.74, 6) is 0.155. The fraction of sp³-hybridized carbons (Fsp3) is 0.214. The lowest BCUT2D eigenvalue weighted by atomic mass is 9.98. The summed E-state index contributed by atoms with van der Waals surface area (Å²) in [5.41, 5.74) is 1.10. The maximum atomic E-state index is 13.8. The van der Waals surface area contributed by atoms with Crippen molar-refractivity contribution in [1.29, 1.82) is 0 Å². The van der Waals surface area contributed by atoms with Crippen molar-refractivity contribution in [2.75, 3.05) is 18.1 Å². The van der Waals surface area contributed by atoms with E-state index in [9.17, 15) is 14.4 Å². The number of Topliss-reactive ketones (excluding diaryl/α,β-unsaturated/α-hetero) is 1. The number of rotatable bonds is 8. The second kappa shape index (κ2) is 10.1. The Morgan fingerprint density at radius 2 is 2.00 bits per heavy atom. The molecule has 10 heteroatoms. The number of carbonyl (C=O) groups is 2. The third-order valence-corrected chi connectivity index (χ3v) is 7.58. The number of aromatic nitrogens is 1. The molecule has 0 N–H and O–H groups in total. The molecule has 38 heavy (non-hydrogen) atoms. The molecule has 0 radical (unpaired) electrons. The molecule has 0 bridgehead atoms. The summed E-state index contributed by atoms with van der Waals surface area (Å²) in [5, 5.41) is 0.902. The first-order valence-electron chi connectivity index (χ1n) is 11.8. The number of amides is 1. The summed E-state index contributed by atoms with van der Waals surface area (Å²) in [6, 6.07) is 8.99. The van der Waals surface area contributed by atoms with Crippen LogP contribution in [0.3, 0.4) is 0 Å². The summed E-state index contributed by atoms with van der Waals surface area (Å²) in [4.78, 5) is 46.2. The Balaban J connectivity index is 1.77. The first kappa shape index (κ1) is 25.7. The number of thiazole rings is 1. The molecule has 0 saturated heterocycles. The van der Waals surface area contributed by atoms with Crippen molar-refractivity contribution in [3.63, 3.8) is 0 Å². The van der Waals surface area contributed by atoms with Crippen molar-refractivity contribution in [3.05, 3.63) is 91.8 Å². The summed E-state index contributed by atoms with van der Waals surface area (Å²) in [6.45, 7) is 9.32. The number of halogens is 1. The predicted octanol–water partition coefficient (Wildman–Crippen LogP) is 6.13. The Kier molecular flexibility index (Phi) is 6.81. The molecule has 2 aromatic heterocycles. The van der Waals surface area contributed by atoms with Gasteiger partial charge < -0.3 is 13.9 Å². The van der Waals surface area contributed by atoms with E-state index in [0.29, 0.717) is 39.3 Å². The molecule has 1 amide bonds. The molecule has 4 aromatic rings. The van der Waals surface area contributed by atoms with Crippen LogP contribution in [0.15, 0.2) is 58.3 Å². The number of benzene rings is 2. The third kappa shape index (κ3) is 4.27. The highest BCUT2D eigenvalue weighted by atomic mass is 35.5. The van der Waals surface area contributed by atoms with E-state index in [0.717, 1.165) is 11.3 Å². The summed E-state index contributed by atoms with van der Waals surface area (Å²) in [6.07, 6.45) is 1.62. The lowest BCUT2D eigenvalue weighted by Crippen LogP contribution is -2.29. The lowest BCUT2D eigenvalue weighted by molar-refractivity contribution is 0.0969. The number of hydrogen-bond acceptors (Lipinski definition) is 8. The van der Waals surface area contributed by atoms with Crippen molar-refractivity contribution in [2.24, 2.45) is 0 Å². The van der Waals surface area contributed by atoms with Crippen LogP contribution in [0.4, 0.5) is 5.13 Å². The van der Waals surface area contributed by atoms with Crippen LogP contribution in [0.1, 0.15) is 56.9 Å². The molecule has 1 aliphatic heterocycles. The zero-order valence-electron chi connectivity index (χ0n) is 20.9. The number of nitrogens with zero attached hydrogens (tertiary/aromatic N) is 2. The average Bonchev–Trinajstić information content (AvgIpc) is 3.41. The molecule has 0 aliphatic carbocycles. The fourth-order valence-corrected chi connectivity index (χ4v) is 5.66. The van der Waals surface area contributed by atoms with Crippen molar-refractivity contribution in [3.8, 4) is 11.5 Å². The van der Waals surface area contributed by atoms with E-state index in [2.05, 4.69) is 11.6 Å². The van der Waals surface area contributed by atoms with Gasteiger partial charge in [0.25, 0.3) is 5.91 Å². The summed E-state index contributed by atoms with van der Waals surface area (Å²) >= 11 is 7.27. The van der Waals surface area contributed by atoms with Gasteiger partial charge in [0.15, 0.2) is 27.8 Å². The molecular formula is C28H23ClN2O6S. The van der Waals surface area contributed by atoms with E-state index >= 15 is 0 Å². The predicted molar refractivity (Wildman–Crippen MR) is 146 cm³/mol. The standard InChI is InChI=1S/C28H23ClN2O6S/c1-5-11-36-20-9-7-16(12-21(20)35-6-2)23-22-24(33)18-13-17(29)8-10-19(18)37-25(22)27(34)31(23)28-30-14(3)26(38-28)15(4)32/h5,7-10,12-13,23H,1,6,11H2,2-4H3. The van der Waals surface area contributed by atoms with E-state index in [-0.39, 0.29) is 45.2 Å². The lowest BCUT2D eigenvalue weighted by Gasteiger charge is -2.23. The van der Waals surface area contributed by atoms with Crippen LogP contribution < -0.4 is 19.8 Å². The first-order valence-corrected chi connectivity index (χ1v) is 13.0. The Hall–Kier alpha value is -3.95. The first-order chi connectivity index (χ1) is 18.2. The Morgan fingerprint density at radius 1 is 1.21 bits per heavy atom. The third-order valence-electron chi connectivity index (χ3n) is 6.08. The topological polar surface area (TPSA) is 98.9 Å². The molecule has 8 nitrogen and oxygen atoms in total. The van der Waals surface area contributed by atoms with Crippen molar-refractivity contribution >= 4 is 50.7 Å². The van der Waals surface area contributed by atoms with Gasteiger partial charge in [-0.25, -0.2) is 4.98 Å². The van der Waals surface area contributed by atoms with Gasteiger partial charge in [0.05, 0.1) is 34.2 Å². The molecule has 3 heterocycles. The number of hydrogen-bond donors (Lipinski definition) is 0. The van der Waals surface area contributed by atoms with Gasteiger partial charge in [-0.3, -0.25) is 19.3 Å². The largest absolute Gasteiger partial charge is 0.490 e. The summed E-state index contributed by atoms with van der Waals surface area (Å²) < 4.78 is 17.5. The summed E-state index contributed by atoms with van der Waals surface area (Å²) in [7, 11) is 0. The van der Waals surface area contributed by atoms with Crippen LogP contribution in [0.2, 0.25) is 5.02 Å². The van der Waals surface area contributed by atoms with Crippen molar-refractivity contribution in [1.82, 2.24) is 4.98 Å². The Bertz CT molecular complexity index is 1670. The highest BCUT2D eigenvalue weighted by Crippen LogP contribution is 2.45. The van der Waals surface area contributed by atoms with Gasteiger partial charge in [0, 0.05) is 11.9 Å². The fourth-order valence-electron chi connectivity index (χ4n) is 4.50. The molecule has 2 aromatic carbocycles. The number of fused-ring (bicyclic) bond motifs is 2. The van der Waals surface area contributed by atoms with Crippen LogP contribution in [0.5, 0.6) is 11.5 Å². The zero-order chi connectivity index (χ0) is 27.1. The van der Waals surface area contributed by atoms with Gasteiger partial charge in [-0.2, -0.15) is 0 Å². The molecule has 0 spiro atoms. The molecule has 0 fully saturated rings. The molecule has 1 atom stereocenters. The van der Waals surface area contributed by atoms with Crippen LogP contribution in [0.25, 0.3) is 11.0 Å². The minimum Gasteiger partial charge on any atom is -0.490 e.